The predicted octanol–water partition coefficient (Wildman–Crippen LogP) is 2.85. The minimum absolute atomic E-state index is 0.271. The Morgan fingerprint density at radius 2 is 2.17 bits per heavy atom. The molecule has 1 aliphatic heterocycles. The summed E-state index contributed by atoms with van der Waals surface area (Å²) < 4.78 is 15.8. The Labute approximate surface area is 105 Å². The third kappa shape index (κ3) is 1.68. The van der Waals surface area contributed by atoms with E-state index in [-0.39, 0.29) is 5.82 Å². The van der Waals surface area contributed by atoms with Crippen molar-refractivity contribution in [2.45, 2.75) is 26.3 Å². The van der Waals surface area contributed by atoms with Crippen LogP contribution in [0.15, 0.2) is 24.3 Å². The molecule has 4 heteroatoms. The van der Waals surface area contributed by atoms with Crippen molar-refractivity contribution in [1.29, 1.82) is 0 Å². The number of anilines is 1. The summed E-state index contributed by atoms with van der Waals surface area (Å²) in [5.74, 6) is 1.91. The molecule has 2 N–H and O–H groups in total. The number of halogens is 1. The molecule has 1 atom stereocenters. The molecule has 0 amide bonds. The molecule has 0 saturated carbocycles. The Balaban J connectivity index is 2.12. The van der Waals surface area contributed by atoms with Gasteiger partial charge in [-0.1, -0.05) is 19.1 Å². The molecular formula is C14H16FN3. The van der Waals surface area contributed by atoms with E-state index in [4.69, 9.17) is 5.73 Å². The lowest BCUT2D eigenvalue weighted by Gasteiger charge is -2.20. The molecule has 2 heterocycles. The standard InChI is InChI=1S/C14H16FN3/c1-9-6-7-18-12(8-9)17-13(14(18)16)10-4-2-3-5-11(10)15/h2-5,9H,6-8,16H2,1H3. The zero-order chi connectivity index (χ0) is 12.7. The van der Waals surface area contributed by atoms with Crippen molar-refractivity contribution in [1.82, 2.24) is 9.55 Å². The maximum absolute atomic E-state index is 13.8. The minimum Gasteiger partial charge on any atom is -0.383 e. The normalized spacial score (nSPS) is 18.7. The molecule has 0 saturated heterocycles. The lowest BCUT2D eigenvalue weighted by Crippen LogP contribution is -2.18. The Kier molecular flexibility index (Phi) is 2.58. The summed E-state index contributed by atoms with van der Waals surface area (Å²) in [5, 5.41) is 0. The average Bonchev–Trinajstić information content (AvgIpc) is 2.67. The highest BCUT2D eigenvalue weighted by molar-refractivity contribution is 5.71. The van der Waals surface area contributed by atoms with Gasteiger partial charge in [-0.25, -0.2) is 9.37 Å². The lowest BCUT2D eigenvalue weighted by atomic mass is 10.0. The van der Waals surface area contributed by atoms with Crippen molar-refractivity contribution in [3.05, 3.63) is 35.9 Å². The van der Waals surface area contributed by atoms with Crippen LogP contribution in [0.3, 0.4) is 0 Å². The van der Waals surface area contributed by atoms with E-state index in [0.717, 1.165) is 25.2 Å². The molecule has 0 spiro atoms. The first-order valence-corrected chi connectivity index (χ1v) is 6.26. The molecule has 18 heavy (non-hydrogen) atoms. The largest absolute Gasteiger partial charge is 0.383 e. The average molecular weight is 245 g/mol. The number of hydrogen-bond donors (Lipinski definition) is 1. The second-order valence-corrected chi connectivity index (χ2v) is 4.99. The van der Waals surface area contributed by atoms with Crippen LogP contribution in [0.5, 0.6) is 0 Å². The summed E-state index contributed by atoms with van der Waals surface area (Å²) in [4.78, 5) is 4.53. The predicted molar refractivity (Wildman–Crippen MR) is 69.5 cm³/mol. The molecule has 1 aromatic heterocycles. The van der Waals surface area contributed by atoms with E-state index in [1.165, 1.54) is 6.07 Å². The second-order valence-electron chi connectivity index (χ2n) is 4.99. The molecular weight excluding hydrogens is 229 g/mol. The minimum atomic E-state index is -0.271. The molecule has 3 rings (SSSR count). The summed E-state index contributed by atoms with van der Waals surface area (Å²) in [6.07, 6.45) is 2.02. The molecule has 2 aromatic rings. The Hall–Kier alpha value is -1.84. The topological polar surface area (TPSA) is 43.8 Å². The van der Waals surface area contributed by atoms with Crippen LogP contribution in [0.1, 0.15) is 19.2 Å². The van der Waals surface area contributed by atoms with Gasteiger partial charge in [0.15, 0.2) is 0 Å². The Morgan fingerprint density at radius 3 is 2.94 bits per heavy atom. The number of benzene rings is 1. The first-order chi connectivity index (χ1) is 8.66. The third-order valence-corrected chi connectivity index (χ3v) is 3.59. The monoisotopic (exact) mass is 245 g/mol. The van der Waals surface area contributed by atoms with E-state index < -0.39 is 0 Å². The highest BCUT2D eigenvalue weighted by atomic mass is 19.1. The number of hydrogen-bond acceptors (Lipinski definition) is 2. The number of aromatic nitrogens is 2. The quantitative estimate of drug-likeness (QED) is 0.839. The number of imidazole rings is 1. The molecule has 1 unspecified atom stereocenters. The summed E-state index contributed by atoms with van der Waals surface area (Å²) in [7, 11) is 0. The van der Waals surface area contributed by atoms with Crippen LogP contribution in [-0.2, 0) is 13.0 Å². The van der Waals surface area contributed by atoms with E-state index in [0.29, 0.717) is 23.0 Å². The number of rotatable bonds is 1. The van der Waals surface area contributed by atoms with E-state index >= 15 is 0 Å². The van der Waals surface area contributed by atoms with Gasteiger partial charge in [0, 0.05) is 18.5 Å². The molecule has 0 fully saturated rings. The van der Waals surface area contributed by atoms with Gasteiger partial charge in [0.05, 0.1) is 0 Å². The first-order valence-electron chi connectivity index (χ1n) is 6.26. The first kappa shape index (κ1) is 11.3. The van der Waals surface area contributed by atoms with Crippen LogP contribution < -0.4 is 5.73 Å². The van der Waals surface area contributed by atoms with E-state index in [9.17, 15) is 4.39 Å². The van der Waals surface area contributed by atoms with Crippen molar-refractivity contribution in [2.75, 3.05) is 5.73 Å². The summed E-state index contributed by atoms with van der Waals surface area (Å²) >= 11 is 0. The van der Waals surface area contributed by atoms with E-state index in [2.05, 4.69) is 11.9 Å². The van der Waals surface area contributed by atoms with Crippen LogP contribution in [-0.4, -0.2) is 9.55 Å². The van der Waals surface area contributed by atoms with Crippen molar-refractivity contribution < 1.29 is 4.39 Å². The van der Waals surface area contributed by atoms with Crippen LogP contribution in [0.4, 0.5) is 10.2 Å². The molecule has 1 aliphatic rings. The number of fused-ring (bicyclic) bond motifs is 1. The van der Waals surface area contributed by atoms with Crippen molar-refractivity contribution in [2.24, 2.45) is 5.92 Å². The zero-order valence-corrected chi connectivity index (χ0v) is 10.4. The SMILES string of the molecule is CC1CCn2c(nc(-c3ccccc3F)c2N)C1. The van der Waals surface area contributed by atoms with E-state index in [1.54, 1.807) is 18.2 Å². The number of nitrogens with zero attached hydrogens (tertiary/aromatic N) is 2. The molecule has 1 aromatic carbocycles. The summed E-state index contributed by atoms with van der Waals surface area (Å²) in [6.45, 7) is 3.08. The number of nitrogens with two attached hydrogens (primary N) is 1. The lowest BCUT2D eigenvalue weighted by molar-refractivity contribution is 0.412. The van der Waals surface area contributed by atoms with Gasteiger partial charge >= 0.3 is 0 Å². The molecule has 0 bridgehead atoms. The van der Waals surface area contributed by atoms with Crippen molar-refractivity contribution in [3.8, 4) is 11.3 Å². The van der Waals surface area contributed by atoms with Crippen LogP contribution >= 0.6 is 0 Å². The maximum atomic E-state index is 13.8. The fourth-order valence-electron chi connectivity index (χ4n) is 2.53. The van der Waals surface area contributed by atoms with Gasteiger partial charge < -0.3 is 10.3 Å². The van der Waals surface area contributed by atoms with E-state index in [1.807, 2.05) is 4.57 Å². The Morgan fingerprint density at radius 1 is 1.39 bits per heavy atom. The van der Waals surface area contributed by atoms with Gasteiger partial charge in [-0.3, -0.25) is 0 Å². The summed E-state index contributed by atoms with van der Waals surface area (Å²) in [6, 6.07) is 6.64. The highest BCUT2D eigenvalue weighted by Crippen LogP contribution is 2.32. The van der Waals surface area contributed by atoms with Gasteiger partial charge in [-0.2, -0.15) is 0 Å². The Bertz CT molecular complexity index is 589. The van der Waals surface area contributed by atoms with Gasteiger partial charge in [-0.15, -0.1) is 0 Å². The van der Waals surface area contributed by atoms with Crippen LogP contribution in [0.25, 0.3) is 11.3 Å². The maximum Gasteiger partial charge on any atom is 0.132 e. The summed E-state index contributed by atoms with van der Waals surface area (Å²) in [5.41, 5.74) is 7.18. The van der Waals surface area contributed by atoms with Crippen LogP contribution in [0, 0.1) is 11.7 Å². The number of nitrogen functional groups attached to an aromatic ring is 1. The van der Waals surface area contributed by atoms with Gasteiger partial charge in [-0.05, 0) is 24.5 Å². The van der Waals surface area contributed by atoms with Gasteiger partial charge in [0.25, 0.3) is 0 Å². The molecule has 3 nitrogen and oxygen atoms in total. The van der Waals surface area contributed by atoms with Crippen molar-refractivity contribution in [3.63, 3.8) is 0 Å². The fraction of sp³-hybridized carbons (Fsp3) is 0.357. The van der Waals surface area contributed by atoms with Gasteiger partial charge in [0.2, 0.25) is 0 Å². The second kappa shape index (κ2) is 4.12. The highest BCUT2D eigenvalue weighted by Gasteiger charge is 2.23. The smallest absolute Gasteiger partial charge is 0.132 e. The molecule has 0 aliphatic carbocycles. The third-order valence-electron chi connectivity index (χ3n) is 3.59. The molecule has 94 valence electrons. The van der Waals surface area contributed by atoms with Crippen LogP contribution in [0.2, 0.25) is 0 Å². The van der Waals surface area contributed by atoms with Crippen molar-refractivity contribution >= 4 is 5.82 Å². The zero-order valence-electron chi connectivity index (χ0n) is 10.4. The molecule has 0 radical (unpaired) electrons. The fourth-order valence-corrected chi connectivity index (χ4v) is 2.53. The van der Waals surface area contributed by atoms with Gasteiger partial charge in [0.1, 0.15) is 23.2 Å².